The molecule has 1 spiro atoms. The quantitative estimate of drug-likeness (QED) is 0.242. The standard InChI is InChI=1S/C29H35N3O3/c1-2-7-25(31-20-8-4-3-5-9-20)30-15-6-16-32-17-14-29-21-11-13-24(34)28(29)35-27-23(33)12-10-19(26(27)29)18-22(21)32/h3-5,8-13,21-22,24,28,33-34H,2,6-7,14-18H2,1H3,(H,30,31)/t21?,22-,24+,28+,29+/m1/s1. The van der Waals surface area contributed by atoms with Crippen molar-refractivity contribution >= 4 is 11.5 Å². The summed E-state index contributed by atoms with van der Waals surface area (Å²) in [5.41, 5.74) is 3.28. The van der Waals surface area contributed by atoms with Crippen molar-refractivity contribution < 1.29 is 14.9 Å². The fourth-order valence-corrected chi connectivity index (χ4v) is 7.00. The van der Waals surface area contributed by atoms with Crippen molar-refractivity contribution in [3.8, 4) is 11.5 Å². The molecule has 2 aliphatic carbocycles. The average molecular weight is 474 g/mol. The van der Waals surface area contributed by atoms with Crippen LogP contribution in [-0.2, 0) is 11.8 Å². The van der Waals surface area contributed by atoms with Crippen LogP contribution in [0.5, 0.6) is 11.5 Å². The third kappa shape index (κ3) is 3.66. The third-order valence-electron chi connectivity index (χ3n) is 8.44. The van der Waals surface area contributed by atoms with Gasteiger partial charge in [0.1, 0.15) is 18.0 Å². The number of aliphatic imine (C=N–C) groups is 1. The molecule has 2 heterocycles. The first-order valence-corrected chi connectivity index (χ1v) is 13.1. The van der Waals surface area contributed by atoms with Crippen LogP contribution in [0.2, 0.25) is 0 Å². The number of aliphatic hydroxyl groups excluding tert-OH is 1. The molecule has 6 rings (SSSR count). The predicted octanol–water partition coefficient (Wildman–Crippen LogP) is 4.27. The van der Waals surface area contributed by atoms with Gasteiger partial charge in [0.15, 0.2) is 11.5 Å². The fourth-order valence-electron chi connectivity index (χ4n) is 7.00. The second-order valence-corrected chi connectivity index (χ2v) is 10.4. The number of phenolic OH excluding ortho intramolecular Hbond substituents is 1. The van der Waals surface area contributed by atoms with E-state index in [1.54, 1.807) is 6.07 Å². The van der Waals surface area contributed by atoms with E-state index in [-0.39, 0.29) is 17.3 Å². The summed E-state index contributed by atoms with van der Waals surface area (Å²) in [5.74, 6) is 2.16. The normalized spacial score (nSPS) is 30.6. The summed E-state index contributed by atoms with van der Waals surface area (Å²) in [6.07, 6.45) is 8.10. The van der Waals surface area contributed by atoms with Crippen molar-refractivity contribution in [3.63, 3.8) is 0 Å². The number of ether oxygens (including phenoxy) is 1. The van der Waals surface area contributed by atoms with Crippen molar-refractivity contribution in [3.05, 3.63) is 65.7 Å². The van der Waals surface area contributed by atoms with Gasteiger partial charge in [-0.1, -0.05) is 43.3 Å². The van der Waals surface area contributed by atoms with Gasteiger partial charge >= 0.3 is 0 Å². The summed E-state index contributed by atoms with van der Waals surface area (Å²) in [6.45, 7) is 4.98. The maximum atomic E-state index is 10.8. The van der Waals surface area contributed by atoms with Gasteiger partial charge in [-0.3, -0.25) is 9.89 Å². The van der Waals surface area contributed by atoms with Gasteiger partial charge < -0.3 is 20.3 Å². The van der Waals surface area contributed by atoms with E-state index in [9.17, 15) is 10.2 Å². The van der Waals surface area contributed by atoms with Gasteiger partial charge in [0.2, 0.25) is 0 Å². The number of nitrogens with zero attached hydrogens (tertiary/aromatic N) is 2. The third-order valence-corrected chi connectivity index (χ3v) is 8.44. The summed E-state index contributed by atoms with van der Waals surface area (Å²) in [4.78, 5) is 7.54. The van der Waals surface area contributed by atoms with E-state index in [2.05, 4.69) is 41.4 Å². The Morgan fingerprint density at radius 2 is 2.06 bits per heavy atom. The molecule has 2 aromatic rings. The molecule has 0 aromatic heterocycles. The smallest absolute Gasteiger partial charge is 0.165 e. The summed E-state index contributed by atoms with van der Waals surface area (Å²) in [5, 5.41) is 24.8. The summed E-state index contributed by atoms with van der Waals surface area (Å²) < 4.78 is 6.26. The first-order valence-electron chi connectivity index (χ1n) is 13.1. The number of hydrogen-bond donors (Lipinski definition) is 3. The molecular formula is C29H35N3O3. The molecule has 6 heteroatoms. The number of anilines is 1. The number of rotatable bonds is 7. The van der Waals surface area contributed by atoms with Crippen LogP contribution in [0.1, 0.15) is 43.7 Å². The van der Waals surface area contributed by atoms with E-state index >= 15 is 0 Å². The zero-order valence-corrected chi connectivity index (χ0v) is 20.4. The van der Waals surface area contributed by atoms with Gasteiger partial charge in [-0.25, -0.2) is 0 Å². The van der Waals surface area contributed by atoms with Crippen molar-refractivity contribution in [2.75, 3.05) is 25.0 Å². The monoisotopic (exact) mass is 473 g/mol. The van der Waals surface area contributed by atoms with Gasteiger partial charge in [-0.05, 0) is 56.0 Å². The minimum Gasteiger partial charge on any atom is -0.504 e. The first kappa shape index (κ1) is 22.6. The lowest BCUT2D eigenvalue weighted by Gasteiger charge is -2.57. The van der Waals surface area contributed by atoms with Gasteiger partial charge in [0, 0.05) is 48.1 Å². The van der Waals surface area contributed by atoms with Crippen LogP contribution in [0.25, 0.3) is 0 Å². The Kier molecular flexibility index (Phi) is 5.81. The van der Waals surface area contributed by atoms with Crippen molar-refractivity contribution in [2.24, 2.45) is 10.9 Å². The highest BCUT2D eigenvalue weighted by Crippen LogP contribution is 2.62. The van der Waals surface area contributed by atoms with Crippen LogP contribution < -0.4 is 10.1 Å². The highest BCUT2D eigenvalue weighted by Gasteiger charge is 2.64. The van der Waals surface area contributed by atoms with Crippen LogP contribution in [0.15, 0.2) is 59.6 Å². The summed E-state index contributed by atoms with van der Waals surface area (Å²) in [6, 6.07) is 14.5. The molecule has 5 atom stereocenters. The van der Waals surface area contributed by atoms with Crippen molar-refractivity contribution in [1.29, 1.82) is 0 Å². The van der Waals surface area contributed by atoms with Gasteiger partial charge in [0.05, 0.1) is 0 Å². The topological polar surface area (TPSA) is 77.3 Å². The average Bonchev–Trinajstić information content (AvgIpc) is 3.22. The molecule has 1 saturated heterocycles. The number of hydrogen-bond acceptors (Lipinski definition) is 5. The summed E-state index contributed by atoms with van der Waals surface area (Å²) >= 11 is 0. The fraction of sp³-hybridized carbons (Fsp3) is 0.483. The number of likely N-dealkylation sites (tertiary alicyclic amines) is 1. The molecule has 2 bridgehead atoms. The molecule has 184 valence electrons. The Balaban J connectivity index is 1.18. The minimum atomic E-state index is -0.639. The number of benzene rings is 2. The predicted molar refractivity (Wildman–Crippen MR) is 138 cm³/mol. The largest absolute Gasteiger partial charge is 0.504 e. The van der Waals surface area contributed by atoms with E-state index in [1.807, 2.05) is 24.3 Å². The number of aliphatic hydroxyl groups is 1. The van der Waals surface area contributed by atoms with Crippen molar-refractivity contribution in [1.82, 2.24) is 4.90 Å². The lowest BCUT2D eigenvalue weighted by atomic mass is 9.53. The molecule has 6 nitrogen and oxygen atoms in total. The van der Waals surface area contributed by atoms with Crippen LogP contribution in [0.3, 0.4) is 0 Å². The molecule has 0 saturated carbocycles. The molecule has 0 amide bonds. The Labute approximate surface area is 207 Å². The molecule has 0 radical (unpaired) electrons. The van der Waals surface area contributed by atoms with Crippen LogP contribution in [0, 0.1) is 5.92 Å². The van der Waals surface area contributed by atoms with Crippen LogP contribution >= 0.6 is 0 Å². The zero-order valence-electron chi connectivity index (χ0n) is 20.4. The van der Waals surface area contributed by atoms with E-state index < -0.39 is 6.10 Å². The maximum Gasteiger partial charge on any atom is 0.165 e. The summed E-state index contributed by atoms with van der Waals surface area (Å²) in [7, 11) is 0. The molecule has 4 aliphatic rings. The SMILES string of the molecule is CCCC(=NCCCN1CC[C@]23c4c5ccc(O)c4O[C@H]2[C@@H](O)C=CC3[C@H]1C5)Nc1ccccc1. The Morgan fingerprint density at radius 1 is 1.20 bits per heavy atom. The Morgan fingerprint density at radius 3 is 2.89 bits per heavy atom. The van der Waals surface area contributed by atoms with Gasteiger partial charge in [-0.15, -0.1) is 0 Å². The number of para-hydroxylation sites is 1. The molecule has 3 N–H and O–H groups in total. The first-order chi connectivity index (χ1) is 17.1. The van der Waals surface area contributed by atoms with E-state index in [0.29, 0.717) is 17.7 Å². The Hall–Kier alpha value is -2.83. The molecule has 2 aliphatic heterocycles. The highest BCUT2D eigenvalue weighted by atomic mass is 16.5. The van der Waals surface area contributed by atoms with E-state index in [0.717, 1.165) is 68.8 Å². The van der Waals surface area contributed by atoms with Crippen molar-refractivity contribution in [2.45, 2.75) is 62.7 Å². The number of amidine groups is 1. The zero-order chi connectivity index (χ0) is 24.0. The Bertz CT molecular complexity index is 1150. The highest BCUT2D eigenvalue weighted by molar-refractivity contribution is 5.95. The molecule has 1 fully saturated rings. The molecular weight excluding hydrogens is 438 g/mol. The van der Waals surface area contributed by atoms with Crippen LogP contribution in [0.4, 0.5) is 5.69 Å². The van der Waals surface area contributed by atoms with Crippen LogP contribution in [-0.4, -0.2) is 58.8 Å². The lowest BCUT2D eigenvalue weighted by molar-refractivity contribution is -0.0516. The van der Waals surface area contributed by atoms with Gasteiger partial charge in [-0.2, -0.15) is 0 Å². The van der Waals surface area contributed by atoms with E-state index in [4.69, 9.17) is 9.73 Å². The number of phenols is 1. The lowest BCUT2D eigenvalue weighted by Crippen LogP contribution is -2.65. The maximum absolute atomic E-state index is 10.8. The number of piperidine rings is 1. The molecule has 2 aromatic carbocycles. The molecule has 35 heavy (non-hydrogen) atoms. The second-order valence-electron chi connectivity index (χ2n) is 10.4. The second kappa shape index (κ2) is 8.99. The molecule has 1 unspecified atom stereocenters. The van der Waals surface area contributed by atoms with Gasteiger partial charge in [0.25, 0.3) is 0 Å². The van der Waals surface area contributed by atoms with E-state index in [1.165, 1.54) is 5.56 Å². The number of nitrogens with one attached hydrogen (secondary N) is 1. The minimum absolute atomic E-state index is 0.198. The number of aromatic hydroxyl groups is 1.